The van der Waals surface area contributed by atoms with Crippen LogP contribution in [0.1, 0.15) is 28.8 Å². The Morgan fingerprint density at radius 1 is 0.944 bits per heavy atom. The third-order valence-corrected chi connectivity index (χ3v) is 6.81. The molecule has 3 heterocycles. The number of carbonyl (C=O) groups excluding carboxylic acids is 2. The van der Waals surface area contributed by atoms with Crippen LogP contribution in [-0.2, 0) is 4.79 Å². The van der Waals surface area contributed by atoms with Crippen molar-refractivity contribution in [3.63, 3.8) is 0 Å². The van der Waals surface area contributed by atoms with E-state index in [2.05, 4.69) is 20.1 Å². The molecule has 2 aliphatic rings. The molecule has 1 aromatic heterocycles. The number of hydrogen-bond donors (Lipinski definition) is 1. The van der Waals surface area contributed by atoms with Crippen LogP contribution in [0.25, 0.3) is 17.1 Å². The van der Waals surface area contributed by atoms with Gasteiger partial charge in [-0.3, -0.25) is 9.59 Å². The lowest BCUT2D eigenvalue weighted by Crippen LogP contribution is -2.33. The smallest absolute Gasteiger partial charge is 0.406 e. The topological polar surface area (TPSA) is 91.4 Å². The summed E-state index contributed by atoms with van der Waals surface area (Å²) < 4.78 is 40.7. The minimum Gasteiger partial charge on any atom is -0.406 e. The summed E-state index contributed by atoms with van der Waals surface area (Å²) in [5, 5.41) is 10.6. The molecule has 5 rings (SSSR count). The van der Waals surface area contributed by atoms with Gasteiger partial charge in [0, 0.05) is 37.8 Å². The lowest BCUT2D eigenvalue weighted by Gasteiger charge is -2.21. The van der Waals surface area contributed by atoms with Crippen LogP contribution < -0.4 is 4.74 Å². The van der Waals surface area contributed by atoms with Crippen molar-refractivity contribution in [2.75, 3.05) is 26.2 Å². The number of likely N-dealkylation sites (tertiary alicyclic amines) is 2. The molecular formula is C25H24F3N5O3. The van der Waals surface area contributed by atoms with Gasteiger partial charge in [-0.15, -0.1) is 13.2 Å². The van der Waals surface area contributed by atoms with Crippen LogP contribution in [0.2, 0.25) is 0 Å². The summed E-state index contributed by atoms with van der Waals surface area (Å²) in [4.78, 5) is 29.5. The zero-order valence-electron chi connectivity index (χ0n) is 19.2. The largest absolute Gasteiger partial charge is 0.573 e. The molecule has 2 fully saturated rings. The number of ether oxygens (including phenoxy) is 1. The molecule has 2 aliphatic heterocycles. The summed E-state index contributed by atoms with van der Waals surface area (Å²) in [6.07, 6.45) is -0.109. The Bertz CT molecular complexity index is 1270. The predicted molar refractivity (Wildman–Crippen MR) is 125 cm³/mol. The molecule has 2 atom stereocenters. The van der Waals surface area contributed by atoms with Gasteiger partial charge >= 0.3 is 6.36 Å². The molecule has 2 amide bonds. The Labute approximate surface area is 204 Å². The number of aromatic nitrogens is 3. The normalized spacial score (nSPS) is 20.5. The van der Waals surface area contributed by atoms with Gasteiger partial charge in [-0.2, -0.15) is 15.4 Å². The maximum atomic E-state index is 13.1. The van der Waals surface area contributed by atoms with Gasteiger partial charge in [-0.1, -0.05) is 12.1 Å². The van der Waals surface area contributed by atoms with E-state index in [1.54, 1.807) is 29.2 Å². The van der Waals surface area contributed by atoms with E-state index >= 15 is 0 Å². The van der Waals surface area contributed by atoms with Crippen molar-refractivity contribution in [3.05, 3.63) is 59.7 Å². The Balaban J connectivity index is 1.15. The second-order valence-corrected chi connectivity index (χ2v) is 9.11. The molecular weight excluding hydrogens is 475 g/mol. The standard InChI is InChI=1S/C25H24F3N5O3/c26-25(27,28)36-20-5-1-16(2-6-20)3-8-23(34)32-11-9-18-14-33(15-19(18)10-12-32)24(35)17-4-7-21-22(13-17)30-31-29-21/h1-8,13,18-19H,9-12,14-15H2,(H,29,30,31)/t18-,19+. The second kappa shape index (κ2) is 9.63. The van der Waals surface area contributed by atoms with Crippen LogP contribution in [0.3, 0.4) is 0 Å². The van der Waals surface area contributed by atoms with E-state index in [0.717, 1.165) is 12.8 Å². The molecule has 0 aliphatic carbocycles. The van der Waals surface area contributed by atoms with Gasteiger partial charge in [0.25, 0.3) is 5.91 Å². The first kappa shape index (κ1) is 23.8. The van der Waals surface area contributed by atoms with Crippen molar-refractivity contribution < 1.29 is 27.5 Å². The molecule has 3 aromatic rings. The lowest BCUT2D eigenvalue weighted by molar-refractivity contribution is -0.274. The quantitative estimate of drug-likeness (QED) is 0.551. The molecule has 0 radical (unpaired) electrons. The van der Waals surface area contributed by atoms with E-state index in [4.69, 9.17) is 0 Å². The first-order valence-electron chi connectivity index (χ1n) is 11.7. The van der Waals surface area contributed by atoms with Gasteiger partial charge in [-0.25, -0.2) is 0 Å². The van der Waals surface area contributed by atoms with Gasteiger partial charge < -0.3 is 14.5 Å². The minimum absolute atomic E-state index is 0.0181. The van der Waals surface area contributed by atoms with E-state index in [9.17, 15) is 22.8 Å². The maximum absolute atomic E-state index is 13.1. The number of hydrogen-bond acceptors (Lipinski definition) is 5. The summed E-state index contributed by atoms with van der Waals surface area (Å²) in [6, 6.07) is 10.6. The molecule has 8 nitrogen and oxygen atoms in total. The molecule has 1 N–H and O–H groups in total. The zero-order chi connectivity index (χ0) is 25.3. The molecule has 0 saturated carbocycles. The van der Waals surface area contributed by atoms with Crippen molar-refractivity contribution in [2.24, 2.45) is 11.8 Å². The van der Waals surface area contributed by atoms with Gasteiger partial charge in [0.15, 0.2) is 0 Å². The Hall–Kier alpha value is -3.89. The highest BCUT2D eigenvalue weighted by molar-refractivity contribution is 5.97. The summed E-state index contributed by atoms with van der Waals surface area (Å²) >= 11 is 0. The molecule has 0 unspecified atom stereocenters. The highest BCUT2D eigenvalue weighted by Gasteiger charge is 2.37. The van der Waals surface area contributed by atoms with E-state index in [-0.39, 0.29) is 17.6 Å². The summed E-state index contributed by atoms with van der Waals surface area (Å²) in [5.41, 5.74) is 2.56. The van der Waals surface area contributed by atoms with Gasteiger partial charge in [0.2, 0.25) is 5.91 Å². The molecule has 11 heteroatoms. The fourth-order valence-corrected chi connectivity index (χ4v) is 4.94. The number of halogens is 3. The van der Waals surface area contributed by atoms with Crippen LogP contribution in [0, 0.1) is 11.8 Å². The van der Waals surface area contributed by atoms with Crippen LogP contribution in [0.4, 0.5) is 13.2 Å². The molecule has 36 heavy (non-hydrogen) atoms. The average Bonchev–Trinajstić information content (AvgIpc) is 3.44. The van der Waals surface area contributed by atoms with E-state index in [0.29, 0.717) is 60.2 Å². The maximum Gasteiger partial charge on any atom is 0.573 e. The minimum atomic E-state index is -4.74. The third-order valence-electron chi connectivity index (χ3n) is 6.81. The summed E-state index contributed by atoms with van der Waals surface area (Å²) in [5.74, 6) is 0.187. The number of rotatable bonds is 4. The molecule has 2 saturated heterocycles. The number of aromatic amines is 1. The number of alkyl halides is 3. The van der Waals surface area contributed by atoms with Gasteiger partial charge in [-0.05, 0) is 66.6 Å². The van der Waals surface area contributed by atoms with Crippen molar-refractivity contribution in [1.29, 1.82) is 0 Å². The molecule has 2 aromatic carbocycles. The molecule has 188 valence electrons. The fourth-order valence-electron chi connectivity index (χ4n) is 4.94. The highest BCUT2D eigenvalue weighted by Crippen LogP contribution is 2.33. The first-order chi connectivity index (χ1) is 17.2. The van der Waals surface area contributed by atoms with Crippen molar-refractivity contribution >= 4 is 28.9 Å². The lowest BCUT2D eigenvalue weighted by atomic mass is 9.92. The number of carbonyl (C=O) groups is 2. The Morgan fingerprint density at radius 2 is 1.61 bits per heavy atom. The van der Waals surface area contributed by atoms with Gasteiger partial charge in [0.05, 0.1) is 0 Å². The summed E-state index contributed by atoms with van der Waals surface area (Å²) in [6.45, 7) is 2.50. The van der Waals surface area contributed by atoms with Crippen LogP contribution >= 0.6 is 0 Å². The van der Waals surface area contributed by atoms with Crippen LogP contribution in [0.5, 0.6) is 5.75 Å². The second-order valence-electron chi connectivity index (χ2n) is 9.11. The number of fused-ring (bicyclic) bond motifs is 2. The molecule has 0 bridgehead atoms. The number of amides is 2. The van der Waals surface area contributed by atoms with Crippen LogP contribution in [-0.4, -0.2) is 69.6 Å². The number of benzene rings is 2. The van der Waals surface area contributed by atoms with Crippen LogP contribution in [0.15, 0.2) is 48.5 Å². The van der Waals surface area contributed by atoms with E-state index < -0.39 is 6.36 Å². The zero-order valence-corrected chi connectivity index (χ0v) is 19.2. The van der Waals surface area contributed by atoms with Crippen molar-refractivity contribution in [2.45, 2.75) is 19.2 Å². The van der Waals surface area contributed by atoms with Crippen molar-refractivity contribution in [1.82, 2.24) is 25.2 Å². The van der Waals surface area contributed by atoms with E-state index in [1.165, 1.54) is 30.3 Å². The third kappa shape index (κ3) is 5.34. The van der Waals surface area contributed by atoms with E-state index in [1.807, 2.05) is 4.90 Å². The van der Waals surface area contributed by atoms with Gasteiger partial charge in [0.1, 0.15) is 16.8 Å². The average molecular weight is 499 g/mol. The van der Waals surface area contributed by atoms with Crippen molar-refractivity contribution in [3.8, 4) is 5.75 Å². The highest BCUT2D eigenvalue weighted by atomic mass is 19.4. The first-order valence-corrected chi connectivity index (χ1v) is 11.7. The number of nitrogens with one attached hydrogen (secondary N) is 1. The predicted octanol–water partition coefficient (Wildman–Crippen LogP) is 3.88. The number of nitrogens with zero attached hydrogens (tertiary/aromatic N) is 4. The molecule has 0 spiro atoms. The Kier molecular flexibility index (Phi) is 6.38. The fraction of sp³-hybridized carbons (Fsp3) is 0.360. The summed E-state index contributed by atoms with van der Waals surface area (Å²) in [7, 11) is 0. The number of H-pyrrole nitrogens is 1. The monoisotopic (exact) mass is 499 g/mol. The Morgan fingerprint density at radius 3 is 2.28 bits per heavy atom. The SMILES string of the molecule is O=C(C=Cc1ccc(OC(F)(F)F)cc1)N1CC[C@@H]2CN(C(=O)c3ccc4n[nH]nc4c3)C[C@@H]2CC1.